The maximum atomic E-state index is 10.4. The fraction of sp³-hybridized carbons (Fsp3) is 0.143. The van der Waals surface area contributed by atoms with E-state index >= 15 is 0 Å². The van der Waals surface area contributed by atoms with E-state index in [1.165, 1.54) is 0 Å². The molecule has 0 heterocycles. The smallest absolute Gasteiger partial charge is 0.119 e. The number of ether oxygens (including phenoxy) is 1. The van der Waals surface area contributed by atoms with E-state index in [-0.39, 0.29) is 0 Å². The van der Waals surface area contributed by atoms with Crippen molar-refractivity contribution in [3.63, 3.8) is 0 Å². The van der Waals surface area contributed by atoms with Gasteiger partial charge >= 0.3 is 0 Å². The molecule has 2 rings (SSSR count). The maximum Gasteiger partial charge on any atom is 0.119 e. The SMILES string of the molecule is COc1ccc(Br)c(C(O)c2ccccc2Cl)c1. The van der Waals surface area contributed by atoms with E-state index in [2.05, 4.69) is 15.9 Å². The largest absolute Gasteiger partial charge is 0.497 e. The zero-order chi connectivity index (χ0) is 13.1. The summed E-state index contributed by atoms with van der Waals surface area (Å²) < 4.78 is 5.98. The lowest BCUT2D eigenvalue weighted by Gasteiger charge is -2.15. The van der Waals surface area contributed by atoms with Gasteiger partial charge in [-0.2, -0.15) is 0 Å². The van der Waals surface area contributed by atoms with Crippen molar-refractivity contribution in [1.29, 1.82) is 0 Å². The molecule has 0 aliphatic carbocycles. The molecule has 0 saturated heterocycles. The highest BCUT2D eigenvalue weighted by Crippen LogP contribution is 2.34. The number of hydrogen-bond acceptors (Lipinski definition) is 2. The average Bonchev–Trinajstić information content (AvgIpc) is 2.39. The lowest BCUT2D eigenvalue weighted by molar-refractivity contribution is 0.219. The standard InChI is InChI=1S/C14H12BrClO2/c1-18-9-6-7-12(15)11(8-9)14(17)10-4-2-3-5-13(10)16/h2-8,14,17H,1H3. The first-order valence-electron chi connectivity index (χ1n) is 5.39. The van der Waals surface area contributed by atoms with Crippen molar-refractivity contribution in [3.05, 3.63) is 63.1 Å². The molecule has 0 aliphatic heterocycles. The average molecular weight is 328 g/mol. The van der Waals surface area contributed by atoms with Gasteiger partial charge in [0.2, 0.25) is 0 Å². The van der Waals surface area contributed by atoms with Crippen molar-refractivity contribution in [2.45, 2.75) is 6.10 Å². The Hall–Kier alpha value is -1.03. The minimum absolute atomic E-state index is 0.541. The first kappa shape index (κ1) is 13.4. The van der Waals surface area contributed by atoms with Crippen LogP contribution in [0, 0.1) is 0 Å². The van der Waals surface area contributed by atoms with Crippen LogP contribution in [0.3, 0.4) is 0 Å². The Bertz CT molecular complexity index is 557. The first-order valence-corrected chi connectivity index (χ1v) is 6.56. The van der Waals surface area contributed by atoms with Gasteiger partial charge in [0.1, 0.15) is 11.9 Å². The van der Waals surface area contributed by atoms with E-state index in [1.54, 1.807) is 25.3 Å². The second-order valence-corrected chi connectivity index (χ2v) is 5.07. The highest BCUT2D eigenvalue weighted by Gasteiger charge is 2.16. The van der Waals surface area contributed by atoms with E-state index < -0.39 is 6.10 Å². The lowest BCUT2D eigenvalue weighted by Crippen LogP contribution is -2.02. The van der Waals surface area contributed by atoms with Gasteiger partial charge in [-0.3, -0.25) is 0 Å². The van der Waals surface area contributed by atoms with Gasteiger partial charge in [-0.15, -0.1) is 0 Å². The molecule has 0 aliphatic rings. The number of aliphatic hydroxyl groups is 1. The Balaban J connectivity index is 2.45. The topological polar surface area (TPSA) is 29.5 Å². The maximum absolute atomic E-state index is 10.4. The molecular weight excluding hydrogens is 316 g/mol. The Morgan fingerprint density at radius 2 is 1.89 bits per heavy atom. The van der Waals surface area contributed by atoms with E-state index in [0.717, 1.165) is 10.0 Å². The molecule has 0 saturated carbocycles. The number of rotatable bonds is 3. The summed E-state index contributed by atoms with van der Waals surface area (Å²) in [6.45, 7) is 0. The summed E-state index contributed by atoms with van der Waals surface area (Å²) >= 11 is 9.51. The summed E-state index contributed by atoms with van der Waals surface area (Å²) in [5.74, 6) is 0.694. The Morgan fingerprint density at radius 1 is 1.17 bits per heavy atom. The second-order valence-electron chi connectivity index (χ2n) is 3.81. The van der Waals surface area contributed by atoms with Crippen molar-refractivity contribution < 1.29 is 9.84 Å². The third-order valence-corrected chi connectivity index (χ3v) is 3.76. The first-order chi connectivity index (χ1) is 8.63. The molecule has 4 heteroatoms. The minimum Gasteiger partial charge on any atom is -0.497 e. The van der Waals surface area contributed by atoms with Crippen LogP contribution in [0.2, 0.25) is 5.02 Å². The molecule has 1 unspecified atom stereocenters. The third kappa shape index (κ3) is 2.69. The molecule has 0 spiro atoms. The quantitative estimate of drug-likeness (QED) is 0.916. The van der Waals surface area contributed by atoms with Crippen molar-refractivity contribution in [2.24, 2.45) is 0 Å². The van der Waals surface area contributed by atoms with Crippen molar-refractivity contribution in [2.75, 3.05) is 7.11 Å². The van der Waals surface area contributed by atoms with Crippen LogP contribution in [0.25, 0.3) is 0 Å². The van der Waals surface area contributed by atoms with Gasteiger partial charge in [-0.1, -0.05) is 45.7 Å². The van der Waals surface area contributed by atoms with Crippen LogP contribution >= 0.6 is 27.5 Å². The number of methoxy groups -OCH3 is 1. The summed E-state index contributed by atoms with van der Waals surface area (Å²) in [6.07, 6.45) is -0.789. The molecule has 0 bridgehead atoms. The molecule has 1 N–H and O–H groups in total. The normalized spacial score (nSPS) is 12.2. The van der Waals surface area contributed by atoms with Gasteiger partial charge < -0.3 is 9.84 Å². The molecule has 2 nitrogen and oxygen atoms in total. The summed E-state index contributed by atoms with van der Waals surface area (Å²) in [5.41, 5.74) is 1.40. The van der Waals surface area contributed by atoms with E-state index in [1.807, 2.05) is 24.3 Å². The summed E-state index contributed by atoms with van der Waals surface area (Å²) in [6, 6.07) is 12.7. The number of hydrogen-bond donors (Lipinski definition) is 1. The highest BCUT2D eigenvalue weighted by atomic mass is 79.9. The van der Waals surface area contributed by atoms with Gasteiger partial charge in [0, 0.05) is 20.6 Å². The second kappa shape index (κ2) is 5.74. The van der Waals surface area contributed by atoms with Crippen molar-refractivity contribution in [3.8, 4) is 5.75 Å². The molecule has 0 fully saturated rings. The van der Waals surface area contributed by atoms with E-state index in [4.69, 9.17) is 16.3 Å². The van der Waals surface area contributed by atoms with Crippen molar-refractivity contribution >= 4 is 27.5 Å². The fourth-order valence-electron chi connectivity index (χ4n) is 1.72. The Morgan fingerprint density at radius 3 is 2.56 bits per heavy atom. The number of benzene rings is 2. The van der Waals surface area contributed by atoms with Crippen molar-refractivity contribution in [1.82, 2.24) is 0 Å². The number of halogens is 2. The third-order valence-electron chi connectivity index (χ3n) is 2.70. The lowest BCUT2D eigenvalue weighted by atomic mass is 10.0. The van der Waals surface area contributed by atoms with Crippen LogP contribution in [0.1, 0.15) is 17.2 Å². The molecule has 0 radical (unpaired) electrons. The van der Waals surface area contributed by atoms with Crippen LogP contribution in [0.4, 0.5) is 0 Å². The monoisotopic (exact) mass is 326 g/mol. The van der Waals surface area contributed by atoms with Crippen LogP contribution in [-0.4, -0.2) is 12.2 Å². The molecule has 2 aromatic carbocycles. The highest BCUT2D eigenvalue weighted by molar-refractivity contribution is 9.10. The molecule has 0 aromatic heterocycles. The predicted molar refractivity (Wildman–Crippen MR) is 76.2 cm³/mol. The minimum atomic E-state index is -0.789. The molecule has 0 amide bonds. The van der Waals surface area contributed by atoms with Crippen LogP contribution in [0.5, 0.6) is 5.75 Å². The summed E-state index contributed by atoms with van der Waals surface area (Å²) in [5, 5.41) is 10.9. The fourth-order valence-corrected chi connectivity index (χ4v) is 2.43. The van der Waals surface area contributed by atoms with Crippen LogP contribution < -0.4 is 4.74 Å². The molecule has 18 heavy (non-hydrogen) atoms. The summed E-state index contributed by atoms with van der Waals surface area (Å²) in [7, 11) is 1.59. The Labute approximate surface area is 119 Å². The van der Waals surface area contributed by atoms with Crippen LogP contribution in [0.15, 0.2) is 46.9 Å². The Kier molecular flexibility index (Phi) is 4.27. The zero-order valence-electron chi connectivity index (χ0n) is 9.73. The number of aliphatic hydroxyl groups excluding tert-OH is 1. The predicted octanol–water partition coefficient (Wildman–Crippen LogP) is 4.19. The molecule has 2 aromatic rings. The van der Waals surface area contributed by atoms with Gasteiger partial charge in [-0.25, -0.2) is 0 Å². The zero-order valence-corrected chi connectivity index (χ0v) is 12.1. The van der Waals surface area contributed by atoms with Gasteiger partial charge in [-0.05, 0) is 24.3 Å². The van der Waals surface area contributed by atoms with Gasteiger partial charge in [0.25, 0.3) is 0 Å². The molecular formula is C14H12BrClO2. The summed E-state index contributed by atoms with van der Waals surface area (Å²) in [4.78, 5) is 0. The van der Waals surface area contributed by atoms with E-state index in [9.17, 15) is 5.11 Å². The molecule has 94 valence electrons. The van der Waals surface area contributed by atoms with Gasteiger partial charge in [0.15, 0.2) is 0 Å². The van der Waals surface area contributed by atoms with Gasteiger partial charge in [0.05, 0.1) is 7.11 Å². The van der Waals surface area contributed by atoms with E-state index in [0.29, 0.717) is 16.3 Å². The van der Waals surface area contributed by atoms with Crippen LogP contribution in [-0.2, 0) is 0 Å². The molecule has 1 atom stereocenters.